The number of rotatable bonds is 9. The number of ether oxygens (including phenoxy) is 1. The fraction of sp³-hybridized carbons (Fsp3) is 0.438. The number of hydrogen-bond donors (Lipinski definition) is 1. The van der Waals surface area contributed by atoms with E-state index in [-0.39, 0.29) is 11.8 Å². The van der Waals surface area contributed by atoms with Crippen LogP contribution in [-0.4, -0.2) is 82.5 Å². The highest BCUT2D eigenvalue weighted by molar-refractivity contribution is 6.04. The van der Waals surface area contributed by atoms with E-state index in [1.54, 1.807) is 23.2 Å². The summed E-state index contributed by atoms with van der Waals surface area (Å²) in [6, 6.07) is 15.1. The molecule has 2 aliphatic rings. The van der Waals surface area contributed by atoms with Crippen molar-refractivity contribution >= 4 is 17.7 Å². The Balaban J connectivity index is 1.02. The first-order valence-electron chi connectivity index (χ1n) is 14.7. The standard InChI is InChI=1S/C32H40N6O3/c1-25-5-3-16-37(23-25)24-27-8-10-28(11-9-27)31(39)35-29-12-13-30(34-22-29)41-32(40)38-19-17-36(18-20-38)15-4-7-26-6-2-14-33-21-26/h2,6,8-14,21-22,25H,3-5,7,15-20,23-24H2,1H3,(H,35,39). The number of aryl methyl sites for hydroxylation is 1. The third kappa shape index (κ3) is 8.58. The van der Waals surface area contributed by atoms with Crippen molar-refractivity contribution < 1.29 is 14.3 Å². The highest BCUT2D eigenvalue weighted by Crippen LogP contribution is 2.19. The van der Waals surface area contributed by atoms with Gasteiger partial charge in [0.15, 0.2) is 0 Å². The molecule has 1 aromatic carbocycles. The van der Waals surface area contributed by atoms with E-state index in [1.807, 2.05) is 36.5 Å². The molecule has 3 aromatic rings. The van der Waals surface area contributed by atoms with Crippen LogP contribution in [0, 0.1) is 5.92 Å². The van der Waals surface area contributed by atoms with Gasteiger partial charge in [0.2, 0.25) is 5.88 Å². The zero-order chi connectivity index (χ0) is 28.4. The first-order valence-corrected chi connectivity index (χ1v) is 14.7. The summed E-state index contributed by atoms with van der Waals surface area (Å²) in [6.07, 6.45) is 9.43. The first kappa shape index (κ1) is 28.7. The van der Waals surface area contributed by atoms with Crippen molar-refractivity contribution in [1.29, 1.82) is 0 Å². The van der Waals surface area contributed by atoms with Gasteiger partial charge in [-0.1, -0.05) is 25.1 Å². The number of carbonyl (C=O) groups is 2. The number of nitrogens with zero attached hydrogens (tertiary/aromatic N) is 5. The number of anilines is 1. The fourth-order valence-electron chi connectivity index (χ4n) is 5.53. The van der Waals surface area contributed by atoms with Gasteiger partial charge < -0.3 is 15.0 Å². The molecule has 5 rings (SSSR count). The highest BCUT2D eigenvalue weighted by atomic mass is 16.6. The molecular formula is C32H40N6O3. The van der Waals surface area contributed by atoms with Crippen LogP contribution in [0.1, 0.15) is 47.7 Å². The van der Waals surface area contributed by atoms with E-state index in [9.17, 15) is 9.59 Å². The molecule has 216 valence electrons. The number of aromatic nitrogens is 2. The second-order valence-corrected chi connectivity index (χ2v) is 11.2. The van der Waals surface area contributed by atoms with Crippen molar-refractivity contribution in [3.63, 3.8) is 0 Å². The SMILES string of the molecule is CC1CCCN(Cc2ccc(C(=O)Nc3ccc(OC(=O)N4CCN(CCCc5cccnc5)CC4)nc3)cc2)C1. The van der Waals surface area contributed by atoms with Crippen molar-refractivity contribution in [1.82, 2.24) is 24.7 Å². The molecule has 1 atom stereocenters. The van der Waals surface area contributed by atoms with E-state index in [2.05, 4.69) is 38.1 Å². The number of pyridine rings is 2. The molecule has 9 heteroatoms. The van der Waals surface area contributed by atoms with E-state index in [0.717, 1.165) is 58.0 Å². The summed E-state index contributed by atoms with van der Waals surface area (Å²) < 4.78 is 5.49. The molecule has 0 saturated carbocycles. The van der Waals surface area contributed by atoms with E-state index in [0.29, 0.717) is 24.3 Å². The third-order valence-corrected chi connectivity index (χ3v) is 7.84. The summed E-state index contributed by atoms with van der Waals surface area (Å²) in [5.41, 5.74) is 3.60. The number of benzene rings is 1. The number of carbonyl (C=O) groups excluding carboxylic acids is 2. The summed E-state index contributed by atoms with van der Waals surface area (Å²) >= 11 is 0. The van der Waals surface area contributed by atoms with Crippen molar-refractivity contribution in [2.75, 3.05) is 51.1 Å². The van der Waals surface area contributed by atoms with Gasteiger partial charge >= 0.3 is 6.09 Å². The summed E-state index contributed by atoms with van der Waals surface area (Å²) in [6.45, 7) is 9.36. The van der Waals surface area contributed by atoms with Crippen LogP contribution in [0.25, 0.3) is 0 Å². The van der Waals surface area contributed by atoms with E-state index in [1.165, 1.54) is 30.2 Å². The minimum absolute atomic E-state index is 0.201. The Hall–Kier alpha value is -3.82. The molecule has 2 fully saturated rings. The summed E-state index contributed by atoms with van der Waals surface area (Å²) in [5, 5.41) is 2.87. The zero-order valence-electron chi connectivity index (χ0n) is 23.9. The number of nitrogens with one attached hydrogen (secondary N) is 1. The molecule has 1 unspecified atom stereocenters. The van der Waals surface area contributed by atoms with Crippen molar-refractivity contribution in [3.8, 4) is 5.88 Å². The molecule has 0 spiro atoms. The van der Waals surface area contributed by atoms with Gasteiger partial charge in [-0.3, -0.25) is 19.6 Å². The van der Waals surface area contributed by atoms with Gasteiger partial charge in [0.25, 0.3) is 5.91 Å². The minimum Gasteiger partial charge on any atom is -0.391 e. The lowest BCUT2D eigenvalue weighted by molar-refractivity contribution is 0.102. The van der Waals surface area contributed by atoms with Crippen LogP contribution in [0.3, 0.4) is 0 Å². The minimum atomic E-state index is -0.400. The van der Waals surface area contributed by atoms with Gasteiger partial charge in [-0.15, -0.1) is 0 Å². The lowest BCUT2D eigenvalue weighted by Gasteiger charge is -2.33. The van der Waals surface area contributed by atoms with Crippen LogP contribution in [0.4, 0.5) is 10.5 Å². The van der Waals surface area contributed by atoms with E-state index in [4.69, 9.17) is 4.74 Å². The second-order valence-electron chi connectivity index (χ2n) is 11.2. The predicted octanol–water partition coefficient (Wildman–Crippen LogP) is 4.71. The largest absolute Gasteiger partial charge is 0.416 e. The fourth-order valence-corrected chi connectivity index (χ4v) is 5.53. The molecule has 0 radical (unpaired) electrons. The van der Waals surface area contributed by atoms with Gasteiger partial charge in [-0.05, 0) is 80.1 Å². The quantitative estimate of drug-likeness (QED) is 0.408. The maximum Gasteiger partial charge on any atom is 0.416 e. The average molecular weight is 557 g/mol. The number of piperidine rings is 1. The lowest BCUT2D eigenvalue weighted by Crippen LogP contribution is -2.49. The molecule has 2 aromatic heterocycles. The van der Waals surface area contributed by atoms with Crippen molar-refractivity contribution in [3.05, 3.63) is 83.8 Å². The number of amides is 2. The Kier molecular flexibility index (Phi) is 9.93. The predicted molar refractivity (Wildman–Crippen MR) is 159 cm³/mol. The highest BCUT2D eigenvalue weighted by Gasteiger charge is 2.23. The Morgan fingerprint density at radius 1 is 0.951 bits per heavy atom. The monoisotopic (exact) mass is 556 g/mol. The molecule has 0 aliphatic carbocycles. The molecule has 2 aliphatic heterocycles. The normalized spacial score (nSPS) is 18.2. The molecule has 2 saturated heterocycles. The van der Waals surface area contributed by atoms with Gasteiger partial charge in [-0.25, -0.2) is 9.78 Å². The lowest BCUT2D eigenvalue weighted by atomic mass is 9.99. The molecule has 2 amide bonds. The van der Waals surface area contributed by atoms with Crippen LogP contribution in [0.5, 0.6) is 5.88 Å². The molecule has 41 heavy (non-hydrogen) atoms. The number of piperazine rings is 1. The topological polar surface area (TPSA) is 90.9 Å². The van der Waals surface area contributed by atoms with Crippen LogP contribution >= 0.6 is 0 Å². The second kappa shape index (κ2) is 14.2. The van der Waals surface area contributed by atoms with Crippen LogP contribution in [-0.2, 0) is 13.0 Å². The Labute approximate surface area is 242 Å². The first-order chi connectivity index (χ1) is 20.0. The summed E-state index contributed by atoms with van der Waals surface area (Å²) in [7, 11) is 0. The van der Waals surface area contributed by atoms with Crippen molar-refractivity contribution in [2.24, 2.45) is 5.92 Å². The molecular weight excluding hydrogens is 516 g/mol. The van der Waals surface area contributed by atoms with Gasteiger partial charge in [-0.2, -0.15) is 0 Å². The summed E-state index contributed by atoms with van der Waals surface area (Å²) in [5.74, 6) is 0.753. The maximum absolute atomic E-state index is 12.7. The molecule has 9 nitrogen and oxygen atoms in total. The zero-order valence-corrected chi connectivity index (χ0v) is 23.9. The van der Waals surface area contributed by atoms with Gasteiger partial charge in [0.05, 0.1) is 11.9 Å². The Bertz CT molecular complexity index is 1260. The van der Waals surface area contributed by atoms with E-state index >= 15 is 0 Å². The number of likely N-dealkylation sites (tertiary alicyclic amines) is 1. The number of hydrogen-bond acceptors (Lipinski definition) is 7. The molecule has 1 N–H and O–H groups in total. The molecule has 4 heterocycles. The maximum atomic E-state index is 12.7. The van der Waals surface area contributed by atoms with Crippen LogP contribution < -0.4 is 10.1 Å². The molecule has 0 bridgehead atoms. The van der Waals surface area contributed by atoms with Crippen LogP contribution in [0.2, 0.25) is 0 Å². The van der Waals surface area contributed by atoms with Gasteiger partial charge in [0.1, 0.15) is 0 Å². The Morgan fingerprint density at radius 3 is 2.49 bits per heavy atom. The van der Waals surface area contributed by atoms with Crippen molar-refractivity contribution in [2.45, 2.75) is 39.2 Å². The van der Waals surface area contributed by atoms with E-state index < -0.39 is 6.09 Å². The van der Waals surface area contributed by atoms with Gasteiger partial charge in [0, 0.05) is 63.3 Å². The van der Waals surface area contributed by atoms with Crippen LogP contribution in [0.15, 0.2) is 67.1 Å². The Morgan fingerprint density at radius 2 is 1.78 bits per heavy atom. The smallest absolute Gasteiger partial charge is 0.391 e. The summed E-state index contributed by atoms with van der Waals surface area (Å²) in [4.78, 5) is 40.4. The average Bonchev–Trinajstić information content (AvgIpc) is 2.99. The third-order valence-electron chi connectivity index (χ3n) is 7.84.